The van der Waals surface area contributed by atoms with E-state index in [9.17, 15) is 4.79 Å². The highest BCUT2D eigenvalue weighted by atomic mass is 16.2. The zero-order chi connectivity index (χ0) is 21.9. The third kappa shape index (κ3) is 9.95. The van der Waals surface area contributed by atoms with Gasteiger partial charge in [0.05, 0.1) is 0 Å². The van der Waals surface area contributed by atoms with Crippen LogP contribution in [0.15, 0.2) is 12.1 Å². The van der Waals surface area contributed by atoms with Gasteiger partial charge in [-0.1, -0.05) is 55.4 Å². The molecule has 1 fully saturated rings. The minimum atomic E-state index is 0.0150. The van der Waals surface area contributed by atoms with Crippen molar-refractivity contribution in [2.24, 2.45) is 0 Å². The van der Waals surface area contributed by atoms with Crippen LogP contribution in [0.3, 0.4) is 0 Å². The first-order chi connectivity index (χ1) is 13.7. The fourth-order valence-electron chi connectivity index (χ4n) is 3.00. The smallest absolute Gasteiger partial charge is 0.272 e. The van der Waals surface area contributed by atoms with Gasteiger partial charge in [0.15, 0.2) is 0 Å². The fourth-order valence-corrected chi connectivity index (χ4v) is 3.00. The van der Waals surface area contributed by atoms with Gasteiger partial charge in [-0.15, -0.1) is 0 Å². The Kier molecular flexibility index (Phi) is 18.9. The molecule has 0 spiro atoms. The van der Waals surface area contributed by atoms with Crippen LogP contribution in [0.25, 0.3) is 0 Å². The van der Waals surface area contributed by atoms with E-state index in [2.05, 4.69) is 23.7 Å². The first-order valence-electron chi connectivity index (χ1n) is 11.5. The molecule has 0 aromatic carbocycles. The number of nitrogen functional groups attached to an aromatic ring is 1. The largest absolute Gasteiger partial charge is 0.384 e. The molecule has 1 aromatic heterocycles. The average molecular weight is 395 g/mol. The molecule has 2 N–H and O–H groups in total. The number of likely N-dealkylation sites (tertiary alicyclic amines) is 1. The summed E-state index contributed by atoms with van der Waals surface area (Å²) in [6.45, 7) is 19.9. The van der Waals surface area contributed by atoms with Crippen LogP contribution in [0, 0.1) is 0 Å². The number of aromatic nitrogens is 1. The average Bonchev–Trinajstić information content (AvgIpc) is 2.77. The molecule has 5 heteroatoms. The lowest BCUT2D eigenvalue weighted by Crippen LogP contribution is -2.36. The van der Waals surface area contributed by atoms with E-state index in [4.69, 9.17) is 5.73 Å². The van der Waals surface area contributed by atoms with Gasteiger partial charge in [0.25, 0.3) is 5.91 Å². The van der Waals surface area contributed by atoms with Crippen LogP contribution in [-0.2, 0) is 0 Å². The van der Waals surface area contributed by atoms with Gasteiger partial charge in [0.2, 0.25) is 0 Å². The normalized spacial score (nSPS) is 12.4. The Bertz CT molecular complexity index is 493. The molecule has 5 nitrogen and oxygen atoms in total. The topological polar surface area (TPSA) is 62.5 Å². The Morgan fingerprint density at radius 3 is 1.93 bits per heavy atom. The van der Waals surface area contributed by atoms with E-state index in [-0.39, 0.29) is 5.91 Å². The lowest BCUT2D eigenvalue weighted by molar-refractivity contribution is 0.0718. The maximum absolute atomic E-state index is 12.6. The molecule has 0 radical (unpaired) electrons. The van der Waals surface area contributed by atoms with Gasteiger partial charge in [-0.3, -0.25) is 4.79 Å². The third-order valence-electron chi connectivity index (χ3n) is 4.04. The van der Waals surface area contributed by atoms with Gasteiger partial charge in [-0.25, -0.2) is 4.98 Å². The molecule has 1 saturated heterocycles. The van der Waals surface area contributed by atoms with E-state index in [0.717, 1.165) is 57.5 Å². The number of carbonyl (C=O) groups is 1. The number of hydrogen-bond donors (Lipinski definition) is 1. The number of nitrogens with two attached hydrogens (primary N) is 1. The highest BCUT2D eigenvalue weighted by Crippen LogP contribution is 2.21. The van der Waals surface area contributed by atoms with Crippen molar-refractivity contribution in [2.45, 2.75) is 87.5 Å². The molecule has 1 aromatic rings. The first-order valence-corrected chi connectivity index (χ1v) is 11.5. The Labute approximate surface area is 174 Å². The second-order valence-corrected chi connectivity index (χ2v) is 5.98. The number of rotatable bonds is 6. The van der Waals surface area contributed by atoms with Crippen LogP contribution >= 0.6 is 0 Å². The quantitative estimate of drug-likeness (QED) is 0.643. The van der Waals surface area contributed by atoms with E-state index in [1.165, 1.54) is 6.42 Å². The minimum absolute atomic E-state index is 0.0150. The molecule has 164 valence electrons. The monoisotopic (exact) mass is 394 g/mol. The molecular weight excluding hydrogens is 348 g/mol. The standard InChI is InChI=1S/C17H28N4O.3C2H6/c1-3-8-20(9-4-2)14-12-15(19-16(18)13-14)17(22)21-10-6-5-7-11-21;3*1-2/h12-13H,3-11H2,1-2H3,(H2,18,19);3*1-2H3. The lowest BCUT2D eigenvalue weighted by atomic mass is 10.1. The van der Waals surface area contributed by atoms with Crippen LogP contribution in [0.2, 0.25) is 0 Å². The summed E-state index contributed by atoms with van der Waals surface area (Å²) in [6.07, 6.45) is 5.51. The molecule has 1 aliphatic rings. The zero-order valence-corrected chi connectivity index (χ0v) is 19.8. The molecule has 0 atom stereocenters. The molecule has 0 unspecified atom stereocenters. The van der Waals surface area contributed by atoms with Crippen molar-refractivity contribution in [3.8, 4) is 0 Å². The van der Waals surface area contributed by atoms with Crippen molar-refractivity contribution in [2.75, 3.05) is 36.8 Å². The summed E-state index contributed by atoms with van der Waals surface area (Å²) in [5.74, 6) is 0.441. The summed E-state index contributed by atoms with van der Waals surface area (Å²) in [7, 11) is 0. The van der Waals surface area contributed by atoms with Gasteiger partial charge in [-0.2, -0.15) is 0 Å². The van der Waals surface area contributed by atoms with Gasteiger partial charge in [-0.05, 0) is 38.2 Å². The number of piperidine rings is 1. The number of anilines is 2. The summed E-state index contributed by atoms with van der Waals surface area (Å²) in [4.78, 5) is 21.1. The zero-order valence-electron chi connectivity index (χ0n) is 19.8. The Balaban J connectivity index is 0. The van der Waals surface area contributed by atoms with Crippen LogP contribution in [0.1, 0.15) is 98.0 Å². The predicted octanol–water partition coefficient (Wildman–Crippen LogP) is 5.99. The van der Waals surface area contributed by atoms with Gasteiger partial charge in [0.1, 0.15) is 11.5 Å². The van der Waals surface area contributed by atoms with Gasteiger partial charge >= 0.3 is 0 Å². The minimum Gasteiger partial charge on any atom is -0.384 e. The first kappa shape index (κ1) is 28.4. The predicted molar refractivity (Wildman–Crippen MR) is 125 cm³/mol. The second kappa shape index (κ2) is 18.6. The molecule has 2 heterocycles. The number of carbonyl (C=O) groups excluding carboxylic acids is 1. The van der Waals surface area contributed by atoms with Crippen LogP contribution in [0.5, 0.6) is 0 Å². The third-order valence-corrected chi connectivity index (χ3v) is 4.04. The van der Waals surface area contributed by atoms with Crippen molar-refractivity contribution in [3.63, 3.8) is 0 Å². The van der Waals surface area contributed by atoms with E-state index < -0.39 is 0 Å². The maximum atomic E-state index is 12.6. The SMILES string of the molecule is CC.CC.CC.CCCN(CCC)c1cc(N)nc(C(=O)N2CCCCC2)c1. The van der Waals surface area contributed by atoms with Crippen molar-refractivity contribution >= 4 is 17.4 Å². The van der Waals surface area contributed by atoms with Crippen LogP contribution in [-0.4, -0.2) is 42.0 Å². The van der Waals surface area contributed by atoms with Crippen molar-refractivity contribution in [1.29, 1.82) is 0 Å². The Hall–Kier alpha value is -1.78. The van der Waals surface area contributed by atoms with E-state index >= 15 is 0 Å². The van der Waals surface area contributed by atoms with E-state index in [1.54, 1.807) is 0 Å². The highest BCUT2D eigenvalue weighted by molar-refractivity contribution is 5.93. The van der Waals surface area contributed by atoms with Gasteiger partial charge in [0, 0.05) is 37.9 Å². The molecule has 0 saturated carbocycles. The summed E-state index contributed by atoms with van der Waals surface area (Å²) in [6, 6.07) is 3.77. The summed E-state index contributed by atoms with van der Waals surface area (Å²) in [5.41, 5.74) is 7.44. The van der Waals surface area contributed by atoms with E-state index in [1.807, 2.05) is 58.6 Å². The molecular formula is C23H46N4O. The number of amides is 1. The number of pyridine rings is 1. The Morgan fingerprint density at radius 1 is 0.964 bits per heavy atom. The fraction of sp³-hybridized carbons (Fsp3) is 0.739. The van der Waals surface area contributed by atoms with Crippen LogP contribution < -0.4 is 10.6 Å². The molecule has 2 rings (SSSR count). The van der Waals surface area contributed by atoms with Crippen molar-refractivity contribution < 1.29 is 4.79 Å². The Morgan fingerprint density at radius 2 is 1.46 bits per heavy atom. The van der Waals surface area contributed by atoms with Crippen LogP contribution in [0.4, 0.5) is 11.5 Å². The second-order valence-electron chi connectivity index (χ2n) is 5.98. The maximum Gasteiger partial charge on any atom is 0.272 e. The summed E-state index contributed by atoms with van der Waals surface area (Å²) < 4.78 is 0. The highest BCUT2D eigenvalue weighted by Gasteiger charge is 2.21. The molecule has 1 aliphatic heterocycles. The van der Waals surface area contributed by atoms with Crippen molar-refractivity contribution in [1.82, 2.24) is 9.88 Å². The van der Waals surface area contributed by atoms with Gasteiger partial charge < -0.3 is 15.5 Å². The van der Waals surface area contributed by atoms with Crippen molar-refractivity contribution in [3.05, 3.63) is 17.8 Å². The molecule has 1 amide bonds. The molecule has 0 bridgehead atoms. The molecule has 28 heavy (non-hydrogen) atoms. The summed E-state index contributed by atoms with van der Waals surface area (Å²) in [5, 5.41) is 0. The summed E-state index contributed by atoms with van der Waals surface area (Å²) >= 11 is 0. The lowest BCUT2D eigenvalue weighted by Gasteiger charge is -2.28. The number of hydrogen-bond acceptors (Lipinski definition) is 4. The van der Waals surface area contributed by atoms with E-state index in [0.29, 0.717) is 11.5 Å². The number of nitrogens with zero attached hydrogens (tertiary/aromatic N) is 3. The molecule has 0 aliphatic carbocycles.